The molecule has 0 spiro atoms. The van der Waals surface area contributed by atoms with E-state index < -0.39 is 12.0 Å². The van der Waals surface area contributed by atoms with E-state index in [0.29, 0.717) is 34.7 Å². The molecule has 1 unspecified atom stereocenters. The standard InChI is InChI=1S/C29H36N4O3S/c1-7-8-17-37-28-31-27-30-19(2)24(26(34)35-6)25(33(27)32-28)22-11-9-10-12-23(22)36-18-20-13-15-21(16-14-20)29(3,4)5/h9-16,25H,7-8,17-18H2,1-6H3,(H,30,31,32). The van der Waals surface area contributed by atoms with Crippen molar-refractivity contribution in [1.29, 1.82) is 0 Å². The summed E-state index contributed by atoms with van der Waals surface area (Å²) in [7, 11) is 1.40. The summed E-state index contributed by atoms with van der Waals surface area (Å²) >= 11 is 1.62. The number of fused-ring (bicyclic) bond motifs is 1. The second kappa shape index (κ2) is 11.4. The Morgan fingerprint density at radius 2 is 1.86 bits per heavy atom. The van der Waals surface area contributed by atoms with Crippen LogP contribution < -0.4 is 10.1 Å². The van der Waals surface area contributed by atoms with Crippen molar-refractivity contribution < 1.29 is 14.3 Å². The van der Waals surface area contributed by atoms with E-state index in [1.165, 1.54) is 12.7 Å². The third-order valence-electron chi connectivity index (χ3n) is 6.40. The molecule has 7 nitrogen and oxygen atoms in total. The van der Waals surface area contributed by atoms with Gasteiger partial charge in [-0.3, -0.25) is 0 Å². The number of carbonyl (C=O) groups is 1. The van der Waals surface area contributed by atoms with Gasteiger partial charge in [-0.1, -0.05) is 88.3 Å². The van der Waals surface area contributed by atoms with Crippen molar-refractivity contribution in [3.8, 4) is 5.75 Å². The lowest BCUT2D eigenvalue weighted by molar-refractivity contribution is -0.136. The molecule has 1 N–H and O–H groups in total. The highest BCUT2D eigenvalue weighted by Gasteiger charge is 2.36. The highest BCUT2D eigenvalue weighted by molar-refractivity contribution is 7.99. The lowest BCUT2D eigenvalue weighted by Gasteiger charge is -2.29. The van der Waals surface area contributed by atoms with Crippen LogP contribution in [0.15, 0.2) is 65.0 Å². The van der Waals surface area contributed by atoms with Crippen molar-refractivity contribution in [1.82, 2.24) is 14.8 Å². The molecule has 1 aromatic heterocycles. The van der Waals surface area contributed by atoms with Crippen LogP contribution >= 0.6 is 11.8 Å². The summed E-state index contributed by atoms with van der Waals surface area (Å²) in [5, 5.41) is 8.70. The van der Waals surface area contributed by atoms with E-state index in [0.717, 1.165) is 29.7 Å². The summed E-state index contributed by atoms with van der Waals surface area (Å²) in [4.78, 5) is 17.7. The number of esters is 1. The second-order valence-corrected chi connectivity index (χ2v) is 11.3. The van der Waals surface area contributed by atoms with Crippen molar-refractivity contribution in [2.24, 2.45) is 0 Å². The molecule has 2 aromatic carbocycles. The predicted octanol–water partition coefficient (Wildman–Crippen LogP) is 6.51. The fourth-order valence-electron chi connectivity index (χ4n) is 4.26. The molecule has 37 heavy (non-hydrogen) atoms. The highest BCUT2D eigenvalue weighted by atomic mass is 32.2. The molecule has 2 heterocycles. The summed E-state index contributed by atoms with van der Waals surface area (Å²) in [6.45, 7) is 11.0. The number of anilines is 1. The van der Waals surface area contributed by atoms with Gasteiger partial charge in [0, 0.05) is 17.0 Å². The Hall–Kier alpha value is -3.26. The number of thioether (sulfide) groups is 1. The van der Waals surface area contributed by atoms with Crippen LogP contribution in [0.25, 0.3) is 0 Å². The Labute approximate surface area is 223 Å². The molecule has 196 valence electrons. The van der Waals surface area contributed by atoms with Crippen LogP contribution in [0, 0.1) is 0 Å². The molecular formula is C29H36N4O3S. The molecule has 0 bridgehead atoms. The number of benzene rings is 2. The number of carbonyl (C=O) groups excluding carboxylic acids is 1. The lowest BCUT2D eigenvalue weighted by atomic mass is 9.87. The summed E-state index contributed by atoms with van der Waals surface area (Å²) in [6.07, 6.45) is 2.20. The van der Waals surface area contributed by atoms with E-state index in [9.17, 15) is 4.79 Å². The summed E-state index contributed by atoms with van der Waals surface area (Å²) in [6, 6.07) is 15.8. The van der Waals surface area contributed by atoms with E-state index in [1.54, 1.807) is 16.4 Å². The number of rotatable bonds is 9. The topological polar surface area (TPSA) is 78.3 Å². The van der Waals surface area contributed by atoms with Gasteiger partial charge in [-0.25, -0.2) is 9.48 Å². The van der Waals surface area contributed by atoms with Crippen molar-refractivity contribution in [3.05, 3.63) is 76.5 Å². The average Bonchev–Trinajstić information content (AvgIpc) is 3.28. The number of unbranched alkanes of at least 4 members (excludes halogenated alkanes) is 1. The van der Waals surface area contributed by atoms with Gasteiger partial charge in [0.2, 0.25) is 11.1 Å². The number of methoxy groups -OCH3 is 1. The van der Waals surface area contributed by atoms with Gasteiger partial charge in [0.25, 0.3) is 0 Å². The van der Waals surface area contributed by atoms with Crippen LogP contribution in [0.2, 0.25) is 0 Å². The van der Waals surface area contributed by atoms with Crippen LogP contribution in [-0.2, 0) is 21.6 Å². The summed E-state index contributed by atoms with van der Waals surface area (Å²) < 4.78 is 13.3. The molecule has 0 saturated carbocycles. The quantitative estimate of drug-likeness (QED) is 0.196. The third-order valence-corrected chi connectivity index (χ3v) is 7.32. The van der Waals surface area contributed by atoms with Crippen LogP contribution in [0.5, 0.6) is 5.75 Å². The summed E-state index contributed by atoms with van der Waals surface area (Å²) in [5.41, 5.74) is 4.44. The first-order valence-corrected chi connectivity index (χ1v) is 13.7. The van der Waals surface area contributed by atoms with Crippen molar-refractivity contribution in [2.75, 3.05) is 18.2 Å². The van der Waals surface area contributed by atoms with E-state index in [2.05, 4.69) is 57.3 Å². The molecule has 1 aliphatic rings. The van der Waals surface area contributed by atoms with Gasteiger partial charge in [-0.05, 0) is 36.0 Å². The predicted molar refractivity (Wildman–Crippen MR) is 148 cm³/mol. The maximum Gasteiger partial charge on any atom is 0.338 e. The van der Waals surface area contributed by atoms with Crippen LogP contribution in [0.1, 0.15) is 70.2 Å². The first-order chi connectivity index (χ1) is 17.7. The first kappa shape index (κ1) is 26.8. The Bertz CT molecular complexity index is 1280. The molecule has 0 amide bonds. The molecule has 3 aromatic rings. The maximum atomic E-state index is 13.0. The largest absolute Gasteiger partial charge is 0.489 e. The number of ether oxygens (including phenoxy) is 2. The van der Waals surface area contributed by atoms with Crippen molar-refractivity contribution in [2.45, 2.75) is 70.7 Å². The first-order valence-electron chi connectivity index (χ1n) is 12.7. The molecule has 8 heteroatoms. The molecule has 0 aliphatic carbocycles. The number of hydrogen-bond acceptors (Lipinski definition) is 7. The fourth-order valence-corrected chi connectivity index (χ4v) is 5.17. The normalized spacial score (nSPS) is 15.2. The van der Waals surface area contributed by atoms with E-state index >= 15 is 0 Å². The van der Waals surface area contributed by atoms with Gasteiger partial charge in [-0.15, -0.1) is 5.10 Å². The molecule has 0 fully saturated rings. The number of hydrogen-bond donors (Lipinski definition) is 1. The highest BCUT2D eigenvalue weighted by Crippen LogP contribution is 2.40. The SMILES string of the molecule is CCCCSc1nc2n(n1)C(c1ccccc1OCc1ccc(C(C)(C)C)cc1)C(C(=O)OC)=C(C)N2. The molecule has 1 atom stereocenters. The van der Waals surface area contributed by atoms with E-state index in [1.807, 2.05) is 31.2 Å². The zero-order valence-corrected chi connectivity index (χ0v) is 23.3. The van der Waals surface area contributed by atoms with Gasteiger partial charge in [-0.2, -0.15) is 4.98 Å². The minimum atomic E-state index is -0.531. The third kappa shape index (κ3) is 6.01. The zero-order chi connectivity index (χ0) is 26.6. The van der Waals surface area contributed by atoms with Crippen LogP contribution in [-0.4, -0.2) is 33.6 Å². The number of allylic oxidation sites excluding steroid dienone is 1. The minimum Gasteiger partial charge on any atom is -0.489 e. The van der Waals surface area contributed by atoms with Crippen molar-refractivity contribution in [3.63, 3.8) is 0 Å². The Morgan fingerprint density at radius 3 is 2.54 bits per heavy atom. The minimum absolute atomic E-state index is 0.0959. The van der Waals surface area contributed by atoms with Crippen molar-refractivity contribution >= 4 is 23.7 Å². The van der Waals surface area contributed by atoms with Crippen LogP contribution in [0.3, 0.4) is 0 Å². The molecule has 1 aliphatic heterocycles. The fraction of sp³-hybridized carbons (Fsp3) is 0.414. The number of para-hydroxylation sites is 1. The number of nitrogens with zero attached hydrogens (tertiary/aromatic N) is 3. The second-order valence-electron chi connectivity index (χ2n) is 10.2. The molecule has 0 saturated heterocycles. The molecule has 4 rings (SSSR count). The van der Waals surface area contributed by atoms with Gasteiger partial charge >= 0.3 is 5.97 Å². The smallest absolute Gasteiger partial charge is 0.338 e. The van der Waals surface area contributed by atoms with Gasteiger partial charge in [0.15, 0.2) is 0 Å². The Balaban J connectivity index is 1.67. The lowest BCUT2D eigenvalue weighted by Crippen LogP contribution is -2.29. The van der Waals surface area contributed by atoms with Gasteiger partial charge in [0.1, 0.15) is 18.4 Å². The maximum absolute atomic E-state index is 13.0. The number of aromatic nitrogens is 3. The van der Waals surface area contributed by atoms with Gasteiger partial charge < -0.3 is 14.8 Å². The zero-order valence-electron chi connectivity index (χ0n) is 22.5. The molecular weight excluding hydrogens is 484 g/mol. The van der Waals surface area contributed by atoms with E-state index in [-0.39, 0.29) is 5.41 Å². The molecule has 0 radical (unpaired) electrons. The Kier molecular flexibility index (Phi) is 8.27. The number of nitrogens with one attached hydrogen (secondary N) is 1. The Morgan fingerprint density at radius 1 is 1.14 bits per heavy atom. The average molecular weight is 521 g/mol. The van der Waals surface area contributed by atoms with Gasteiger partial charge in [0.05, 0.1) is 12.7 Å². The van der Waals surface area contributed by atoms with Crippen LogP contribution in [0.4, 0.5) is 5.95 Å². The summed E-state index contributed by atoms with van der Waals surface area (Å²) in [5.74, 6) is 1.81. The van der Waals surface area contributed by atoms with E-state index in [4.69, 9.17) is 19.6 Å². The monoisotopic (exact) mass is 520 g/mol.